The van der Waals surface area contributed by atoms with Crippen LogP contribution in [-0.2, 0) is 24.3 Å². The quantitative estimate of drug-likeness (QED) is 0.633. The summed E-state index contributed by atoms with van der Waals surface area (Å²) in [5, 5.41) is 5.78. The Bertz CT molecular complexity index is 940. The summed E-state index contributed by atoms with van der Waals surface area (Å²) in [4.78, 5) is 33.5. The van der Waals surface area contributed by atoms with Crippen molar-refractivity contribution in [1.29, 1.82) is 0 Å². The van der Waals surface area contributed by atoms with E-state index in [0.29, 0.717) is 32.5 Å². The van der Waals surface area contributed by atoms with Gasteiger partial charge in [-0.1, -0.05) is 37.1 Å². The number of nitrogens with one attached hydrogen (secondary N) is 2. The molecule has 0 radical (unpaired) electrons. The molecule has 1 aromatic carbocycles. The molecule has 3 heterocycles. The molecule has 2 N–H and O–H groups in total. The highest BCUT2D eigenvalue weighted by molar-refractivity contribution is 5.77. The van der Waals surface area contributed by atoms with Crippen LogP contribution in [0.25, 0.3) is 0 Å². The van der Waals surface area contributed by atoms with Crippen LogP contribution in [-0.4, -0.2) is 48.0 Å². The third-order valence-electron chi connectivity index (χ3n) is 6.53. The van der Waals surface area contributed by atoms with Gasteiger partial charge < -0.3 is 20.4 Å². The van der Waals surface area contributed by atoms with E-state index in [1.165, 1.54) is 36.8 Å². The smallest absolute Gasteiger partial charge is 0.315 e. The Kier molecular flexibility index (Phi) is 8.17. The topological polar surface area (TPSA) is 77.6 Å². The SMILES string of the molecule is O=C(NCCCC(=O)N1CCc2ccccc2C1)NCc1ccnc(N2CCCCCC2)c1. The number of fused-ring (bicyclic) bond motifs is 1. The fraction of sp³-hybridized carbons (Fsp3) is 0.500. The van der Waals surface area contributed by atoms with Gasteiger partial charge in [-0.25, -0.2) is 9.78 Å². The molecule has 2 aromatic rings. The van der Waals surface area contributed by atoms with Crippen molar-refractivity contribution in [3.8, 4) is 0 Å². The molecule has 0 saturated carbocycles. The van der Waals surface area contributed by atoms with Gasteiger partial charge in [0.25, 0.3) is 0 Å². The number of anilines is 1. The summed E-state index contributed by atoms with van der Waals surface area (Å²) in [5.74, 6) is 1.15. The molecule has 33 heavy (non-hydrogen) atoms. The molecule has 176 valence electrons. The number of rotatable bonds is 7. The lowest BCUT2D eigenvalue weighted by atomic mass is 9.99. The van der Waals surface area contributed by atoms with Crippen LogP contribution in [0.15, 0.2) is 42.6 Å². The molecule has 1 aromatic heterocycles. The molecule has 1 saturated heterocycles. The highest BCUT2D eigenvalue weighted by atomic mass is 16.2. The molecule has 0 bridgehead atoms. The van der Waals surface area contributed by atoms with Gasteiger partial charge in [-0.05, 0) is 54.5 Å². The summed E-state index contributed by atoms with van der Waals surface area (Å²) in [6, 6.07) is 12.1. The monoisotopic (exact) mass is 449 g/mol. The van der Waals surface area contributed by atoms with Crippen molar-refractivity contribution in [2.45, 2.75) is 58.0 Å². The lowest BCUT2D eigenvalue weighted by Crippen LogP contribution is -2.38. The van der Waals surface area contributed by atoms with Crippen LogP contribution in [0.3, 0.4) is 0 Å². The van der Waals surface area contributed by atoms with Gasteiger partial charge in [-0.2, -0.15) is 0 Å². The van der Waals surface area contributed by atoms with Gasteiger partial charge in [-0.15, -0.1) is 0 Å². The first-order valence-electron chi connectivity index (χ1n) is 12.3. The molecule has 0 atom stereocenters. The van der Waals surface area contributed by atoms with Crippen molar-refractivity contribution < 1.29 is 9.59 Å². The van der Waals surface area contributed by atoms with Crippen LogP contribution >= 0.6 is 0 Å². The molecule has 0 aliphatic carbocycles. The zero-order valence-corrected chi connectivity index (χ0v) is 19.4. The van der Waals surface area contributed by atoms with Gasteiger partial charge in [0.15, 0.2) is 0 Å². The van der Waals surface area contributed by atoms with Crippen LogP contribution < -0.4 is 15.5 Å². The first-order chi connectivity index (χ1) is 16.2. The minimum absolute atomic E-state index is 0.157. The molecule has 2 aliphatic rings. The Hall–Kier alpha value is -3.09. The fourth-order valence-corrected chi connectivity index (χ4v) is 4.60. The number of carbonyl (C=O) groups excluding carboxylic acids is 2. The van der Waals surface area contributed by atoms with Crippen LogP contribution in [0.1, 0.15) is 55.2 Å². The molecular weight excluding hydrogens is 414 g/mol. The Balaban J connectivity index is 1.14. The van der Waals surface area contributed by atoms with E-state index < -0.39 is 0 Å². The summed E-state index contributed by atoms with van der Waals surface area (Å²) < 4.78 is 0. The zero-order chi connectivity index (χ0) is 22.9. The molecule has 0 spiro atoms. The standard InChI is InChI=1S/C26H35N5O2/c32-25(31-17-12-22-8-3-4-9-23(22)20-31)10-7-13-28-26(33)29-19-21-11-14-27-24(18-21)30-15-5-1-2-6-16-30/h3-4,8-9,11,14,18H,1-2,5-7,10,12-13,15-17,19-20H2,(H2,28,29,33). The Morgan fingerprint density at radius 1 is 0.939 bits per heavy atom. The predicted octanol–water partition coefficient (Wildman–Crippen LogP) is 3.63. The number of urea groups is 1. The van der Waals surface area contributed by atoms with E-state index in [4.69, 9.17) is 0 Å². The maximum Gasteiger partial charge on any atom is 0.315 e. The van der Waals surface area contributed by atoms with Crippen molar-refractivity contribution in [1.82, 2.24) is 20.5 Å². The summed E-state index contributed by atoms with van der Waals surface area (Å²) in [7, 11) is 0. The Labute approximate surface area is 196 Å². The molecule has 3 amide bonds. The van der Waals surface area contributed by atoms with Crippen molar-refractivity contribution >= 4 is 17.8 Å². The van der Waals surface area contributed by atoms with E-state index in [1.54, 1.807) is 0 Å². The van der Waals surface area contributed by atoms with E-state index in [2.05, 4.69) is 44.8 Å². The maximum absolute atomic E-state index is 12.5. The number of carbonyl (C=O) groups is 2. The largest absolute Gasteiger partial charge is 0.357 e. The molecule has 7 heteroatoms. The van der Waals surface area contributed by atoms with Crippen molar-refractivity contribution in [2.75, 3.05) is 31.1 Å². The lowest BCUT2D eigenvalue weighted by molar-refractivity contribution is -0.132. The van der Waals surface area contributed by atoms with E-state index in [9.17, 15) is 9.59 Å². The first-order valence-corrected chi connectivity index (χ1v) is 12.3. The third-order valence-corrected chi connectivity index (χ3v) is 6.53. The van der Waals surface area contributed by atoms with E-state index in [-0.39, 0.29) is 11.9 Å². The van der Waals surface area contributed by atoms with Gasteiger partial charge in [0.1, 0.15) is 5.82 Å². The lowest BCUT2D eigenvalue weighted by Gasteiger charge is -2.29. The minimum Gasteiger partial charge on any atom is -0.357 e. The molecular formula is C26H35N5O2. The normalized spacial score (nSPS) is 16.0. The minimum atomic E-state index is -0.206. The predicted molar refractivity (Wildman–Crippen MR) is 130 cm³/mol. The number of aromatic nitrogens is 1. The number of nitrogens with zero attached hydrogens (tertiary/aromatic N) is 3. The van der Waals surface area contributed by atoms with Crippen LogP contribution in [0.4, 0.5) is 10.6 Å². The summed E-state index contributed by atoms with van der Waals surface area (Å²) in [5.41, 5.74) is 3.62. The van der Waals surface area contributed by atoms with Crippen LogP contribution in [0.5, 0.6) is 0 Å². The van der Waals surface area contributed by atoms with E-state index >= 15 is 0 Å². The second-order valence-electron chi connectivity index (χ2n) is 8.97. The van der Waals surface area contributed by atoms with Gasteiger partial charge in [-0.3, -0.25) is 4.79 Å². The molecule has 1 fully saturated rings. The molecule has 4 rings (SSSR count). The Morgan fingerprint density at radius 2 is 1.73 bits per heavy atom. The summed E-state index contributed by atoms with van der Waals surface area (Å²) in [6.45, 7) is 4.50. The highest BCUT2D eigenvalue weighted by Crippen LogP contribution is 2.20. The molecule has 2 aliphatic heterocycles. The third kappa shape index (κ3) is 6.70. The number of hydrogen-bond donors (Lipinski definition) is 2. The first kappa shape index (κ1) is 23.1. The van der Waals surface area contributed by atoms with Gasteiger partial charge >= 0.3 is 6.03 Å². The summed E-state index contributed by atoms with van der Waals surface area (Å²) >= 11 is 0. The van der Waals surface area contributed by atoms with Gasteiger partial charge in [0, 0.05) is 51.9 Å². The average Bonchev–Trinajstić information content (AvgIpc) is 3.15. The maximum atomic E-state index is 12.5. The molecule has 7 nitrogen and oxygen atoms in total. The zero-order valence-electron chi connectivity index (χ0n) is 19.4. The van der Waals surface area contributed by atoms with Crippen molar-refractivity contribution in [3.63, 3.8) is 0 Å². The number of amides is 3. The van der Waals surface area contributed by atoms with Gasteiger partial charge in [0.2, 0.25) is 5.91 Å². The summed E-state index contributed by atoms with van der Waals surface area (Å²) in [6.07, 6.45) is 8.81. The van der Waals surface area contributed by atoms with E-state index in [1.807, 2.05) is 23.2 Å². The second kappa shape index (κ2) is 11.7. The highest BCUT2D eigenvalue weighted by Gasteiger charge is 2.19. The second-order valence-corrected chi connectivity index (χ2v) is 8.97. The van der Waals surface area contributed by atoms with E-state index in [0.717, 1.165) is 37.4 Å². The van der Waals surface area contributed by atoms with Crippen LogP contribution in [0.2, 0.25) is 0 Å². The van der Waals surface area contributed by atoms with Crippen molar-refractivity contribution in [2.24, 2.45) is 0 Å². The van der Waals surface area contributed by atoms with Crippen molar-refractivity contribution in [3.05, 3.63) is 59.3 Å². The van der Waals surface area contributed by atoms with Gasteiger partial charge in [0.05, 0.1) is 0 Å². The fourth-order valence-electron chi connectivity index (χ4n) is 4.60. The number of hydrogen-bond acceptors (Lipinski definition) is 4. The average molecular weight is 450 g/mol. The van der Waals surface area contributed by atoms with Crippen LogP contribution in [0, 0.1) is 0 Å². The number of benzene rings is 1. The Morgan fingerprint density at radius 3 is 2.55 bits per heavy atom. The number of pyridine rings is 1. The molecule has 0 unspecified atom stereocenters.